The SMILES string of the molecule is Cc1ccc(C(=O)COc2cccc(Cl)c2C#N)cc1C. The van der Waals surface area contributed by atoms with Gasteiger partial charge in [0, 0.05) is 5.56 Å². The van der Waals surface area contributed by atoms with Gasteiger partial charge < -0.3 is 4.74 Å². The molecule has 2 rings (SSSR count). The summed E-state index contributed by atoms with van der Waals surface area (Å²) in [4.78, 5) is 12.1. The van der Waals surface area contributed by atoms with Crippen molar-refractivity contribution in [3.05, 3.63) is 63.7 Å². The summed E-state index contributed by atoms with van der Waals surface area (Å²) >= 11 is 5.91. The molecule has 0 aliphatic heterocycles. The van der Waals surface area contributed by atoms with Crippen molar-refractivity contribution in [3.63, 3.8) is 0 Å². The molecular formula is C17H14ClNO2. The van der Waals surface area contributed by atoms with E-state index in [1.54, 1.807) is 24.3 Å². The van der Waals surface area contributed by atoms with Gasteiger partial charge in [-0.25, -0.2) is 0 Å². The van der Waals surface area contributed by atoms with Crippen LogP contribution in [0.1, 0.15) is 27.0 Å². The maximum Gasteiger partial charge on any atom is 0.200 e. The van der Waals surface area contributed by atoms with Gasteiger partial charge in [-0.1, -0.05) is 29.8 Å². The normalized spacial score (nSPS) is 10.0. The van der Waals surface area contributed by atoms with E-state index in [-0.39, 0.29) is 18.0 Å². The Hall–Kier alpha value is -2.31. The fourth-order valence-corrected chi connectivity index (χ4v) is 2.08. The number of Topliss-reactive ketones (excluding diaryl/α,β-unsaturated/α-hetero) is 1. The molecule has 21 heavy (non-hydrogen) atoms. The number of carbonyl (C=O) groups excluding carboxylic acids is 1. The Bertz CT molecular complexity index is 732. The fourth-order valence-electron chi connectivity index (χ4n) is 1.87. The van der Waals surface area contributed by atoms with Crippen molar-refractivity contribution in [2.45, 2.75) is 13.8 Å². The van der Waals surface area contributed by atoms with Crippen LogP contribution in [0.25, 0.3) is 0 Å². The molecule has 0 aliphatic carbocycles. The molecule has 0 amide bonds. The number of nitrogens with zero attached hydrogens (tertiary/aromatic N) is 1. The molecule has 0 aromatic heterocycles. The first kappa shape index (κ1) is 15.1. The van der Waals surface area contributed by atoms with Crippen molar-refractivity contribution in [2.24, 2.45) is 0 Å². The highest BCUT2D eigenvalue weighted by Crippen LogP contribution is 2.25. The molecule has 0 radical (unpaired) electrons. The topological polar surface area (TPSA) is 50.1 Å². The highest BCUT2D eigenvalue weighted by atomic mass is 35.5. The summed E-state index contributed by atoms with van der Waals surface area (Å²) in [5.74, 6) is 0.184. The molecular weight excluding hydrogens is 286 g/mol. The Labute approximate surface area is 128 Å². The molecule has 0 fully saturated rings. The summed E-state index contributed by atoms with van der Waals surface area (Å²) in [5.41, 5.74) is 3.03. The molecule has 0 heterocycles. The molecule has 2 aromatic carbocycles. The van der Waals surface area contributed by atoms with Crippen LogP contribution in [0.5, 0.6) is 5.75 Å². The number of rotatable bonds is 4. The molecule has 0 N–H and O–H groups in total. The first-order valence-electron chi connectivity index (χ1n) is 6.45. The van der Waals surface area contributed by atoms with E-state index >= 15 is 0 Å². The smallest absolute Gasteiger partial charge is 0.200 e. The van der Waals surface area contributed by atoms with Gasteiger partial charge in [0.1, 0.15) is 17.4 Å². The number of ketones is 1. The molecule has 3 nitrogen and oxygen atoms in total. The molecule has 4 heteroatoms. The summed E-state index contributed by atoms with van der Waals surface area (Å²) in [7, 11) is 0. The Morgan fingerprint density at radius 3 is 2.67 bits per heavy atom. The second-order valence-corrected chi connectivity index (χ2v) is 5.14. The van der Waals surface area contributed by atoms with E-state index in [0.717, 1.165) is 11.1 Å². The van der Waals surface area contributed by atoms with Crippen LogP contribution in [0.3, 0.4) is 0 Å². The van der Waals surface area contributed by atoms with Crippen LogP contribution in [0.2, 0.25) is 5.02 Å². The average Bonchev–Trinajstić information content (AvgIpc) is 2.47. The van der Waals surface area contributed by atoms with Crippen molar-refractivity contribution >= 4 is 17.4 Å². The van der Waals surface area contributed by atoms with E-state index in [1.807, 2.05) is 32.0 Å². The highest BCUT2D eigenvalue weighted by molar-refractivity contribution is 6.31. The van der Waals surface area contributed by atoms with E-state index in [2.05, 4.69) is 0 Å². The summed E-state index contributed by atoms with van der Waals surface area (Å²) in [6.07, 6.45) is 0. The largest absolute Gasteiger partial charge is 0.484 e. The second-order valence-electron chi connectivity index (χ2n) is 4.74. The molecule has 0 aliphatic rings. The van der Waals surface area contributed by atoms with Gasteiger partial charge in [0.25, 0.3) is 0 Å². The molecule has 0 spiro atoms. The van der Waals surface area contributed by atoms with E-state index in [4.69, 9.17) is 21.6 Å². The van der Waals surface area contributed by atoms with E-state index in [0.29, 0.717) is 16.3 Å². The molecule has 0 saturated heterocycles. The van der Waals surface area contributed by atoms with Crippen LogP contribution in [0.4, 0.5) is 0 Å². The number of halogens is 1. The van der Waals surface area contributed by atoms with Crippen molar-refractivity contribution in [2.75, 3.05) is 6.61 Å². The van der Waals surface area contributed by atoms with Gasteiger partial charge in [0.2, 0.25) is 0 Å². The van der Waals surface area contributed by atoms with Gasteiger partial charge in [-0.15, -0.1) is 0 Å². The molecule has 2 aromatic rings. The van der Waals surface area contributed by atoms with E-state index in [1.165, 1.54) is 0 Å². The Morgan fingerprint density at radius 1 is 1.24 bits per heavy atom. The average molecular weight is 300 g/mol. The van der Waals surface area contributed by atoms with Crippen molar-refractivity contribution in [1.29, 1.82) is 5.26 Å². The van der Waals surface area contributed by atoms with Crippen molar-refractivity contribution in [3.8, 4) is 11.8 Å². The Balaban J connectivity index is 2.13. The van der Waals surface area contributed by atoms with Gasteiger partial charge >= 0.3 is 0 Å². The minimum atomic E-state index is -0.137. The predicted octanol–water partition coefficient (Wildman–Crippen LogP) is 4.09. The standard InChI is InChI=1S/C17H14ClNO2/c1-11-6-7-13(8-12(11)2)16(20)10-21-17-5-3-4-15(18)14(17)9-19/h3-8H,10H2,1-2H3. The molecule has 0 atom stereocenters. The molecule has 106 valence electrons. The fraction of sp³-hybridized carbons (Fsp3) is 0.176. The lowest BCUT2D eigenvalue weighted by atomic mass is 10.0. The van der Waals surface area contributed by atoms with Gasteiger partial charge in [-0.05, 0) is 43.2 Å². The van der Waals surface area contributed by atoms with Crippen LogP contribution in [0, 0.1) is 25.2 Å². The minimum Gasteiger partial charge on any atom is -0.484 e. The molecule has 0 saturated carbocycles. The number of benzene rings is 2. The van der Waals surface area contributed by atoms with Crippen molar-refractivity contribution < 1.29 is 9.53 Å². The monoisotopic (exact) mass is 299 g/mol. The Morgan fingerprint density at radius 2 is 2.00 bits per heavy atom. The number of hydrogen-bond donors (Lipinski definition) is 0. The number of carbonyl (C=O) groups is 1. The summed E-state index contributed by atoms with van der Waals surface area (Å²) in [6.45, 7) is 3.82. The summed E-state index contributed by atoms with van der Waals surface area (Å²) in [5, 5.41) is 9.36. The predicted molar refractivity (Wildman–Crippen MR) is 81.9 cm³/mol. The lowest BCUT2D eigenvalue weighted by Gasteiger charge is -2.09. The quantitative estimate of drug-likeness (QED) is 0.799. The third-order valence-electron chi connectivity index (χ3n) is 3.27. The summed E-state index contributed by atoms with van der Waals surface area (Å²) in [6, 6.07) is 12.4. The third-order valence-corrected chi connectivity index (χ3v) is 3.59. The van der Waals surface area contributed by atoms with Gasteiger partial charge in [0.05, 0.1) is 5.02 Å². The first-order valence-corrected chi connectivity index (χ1v) is 6.82. The maximum absolute atomic E-state index is 12.1. The zero-order valence-electron chi connectivity index (χ0n) is 11.8. The number of hydrogen-bond acceptors (Lipinski definition) is 3. The molecule has 0 bridgehead atoms. The third kappa shape index (κ3) is 3.42. The van der Waals surface area contributed by atoms with Gasteiger partial charge in [0.15, 0.2) is 12.4 Å². The zero-order chi connectivity index (χ0) is 15.4. The van der Waals surface area contributed by atoms with Crippen molar-refractivity contribution in [1.82, 2.24) is 0 Å². The summed E-state index contributed by atoms with van der Waals surface area (Å²) < 4.78 is 5.44. The second kappa shape index (κ2) is 6.43. The van der Waals surface area contributed by atoms with Crippen LogP contribution in [0.15, 0.2) is 36.4 Å². The van der Waals surface area contributed by atoms with Gasteiger partial charge in [-0.2, -0.15) is 5.26 Å². The highest BCUT2D eigenvalue weighted by Gasteiger charge is 2.11. The zero-order valence-corrected chi connectivity index (χ0v) is 12.6. The van der Waals surface area contributed by atoms with Gasteiger partial charge in [-0.3, -0.25) is 4.79 Å². The van der Waals surface area contributed by atoms with E-state index < -0.39 is 0 Å². The number of aryl methyl sites for hydroxylation is 2. The van der Waals surface area contributed by atoms with Crippen LogP contribution in [-0.2, 0) is 0 Å². The minimum absolute atomic E-state index is 0.127. The number of nitriles is 1. The number of ether oxygens (including phenoxy) is 1. The van der Waals surface area contributed by atoms with Crippen LogP contribution >= 0.6 is 11.6 Å². The van der Waals surface area contributed by atoms with E-state index in [9.17, 15) is 4.79 Å². The Kier molecular flexibility index (Phi) is 4.62. The molecule has 0 unspecified atom stereocenters. The van der Waals surface area contributed by atoms with Crippen LogP contribution in [-0.4, -0.2) is 12.4 Å². The van der Waals surface area contributed by atoms with Crippen LogP contribution < -0.4 is 4.74 Å². The lowest BCUT2D eigenvalue weighted by Crippen LogP contribution is -2.12. The first-order chi connectivity index (χ1) is 10.0. The lowest BCUT2D eigenvalue weighted by molar-refractivity contribution is 0.0921. The maximum atomic E-state index is 12.1.